The Bertz CT molecular complexity index is 309. The van der Waals surface area contributed by atoms with Crippen molar-refractivity contribution < 1.29 is 0 Å². The lowest BCUT2D eigenvalue weighted by molar-refractivity contribution is 0.424. The monoisotopic (exact) mass is 219 g/mol. The number of benzene rings is 1. The highest BCUT2D eigenvalue weighted by Gasteiger charge is 2.17. The van der Waals surface area contributed by atoms with Crippen LogP contribution in [0.1, 0.15) is 57.6 Å². The summed E-state index contributed by atoms with van der Waals surface area (Å²) in [6, 6.07) is 8.89. The first kappa shape index (κ1) is 13.2. The van der Waals surface area contributed by atoms with Gasteiger partial charge in [0, 0.05) is 5.54 Å². The van der Waals surface area contributed by atoms with Gasteiger partial charge in [-0.1, -0.05) is 51.5 Å². The average Bonchev–Trinajstić information content (AvgIpc) is 2.17. The lowest BCUT2D eigenvalue weighted by Crippen LogP contribution is -2.38. The third kappa shape index (κ3) is 3.97. The predicted octanol–water partition coefficient (Wildman–Crippen LogP) is 3.87. The third-order valence-electron chi connectivity index (χ3n) is 3.08. The first-order chi connectivity index (χ1) is 7.44. The van der Waals surface area contributed by atoms with Gasteiger partial charge in [-0.25, -0.2) is 0 Å². The highest BCUT2D eigenvalue weighted by molar-refractivity contribution is 5.25. The maximum Gasteiger partial charge on any atom is 0.0166 e. The summed E-state index contributed by atoms with van der Waals surface area (Å²) in [6.45, 7) is 8.78. The molecule has 1 nitrogen and oxygen atoms in total. The predicted molar refractivity (Wildman–Crippen MR) is 71.7 cm³/mol. The molecule has 0 fully saturated rings. The van der Waals surface area contributed by atoms with Crippen LogP contribution in [0.25, 0.3) is 0 Å². The molecule has 1 aromatic rings. The molecule has 1 atom stereocenters. The number of rotatable bonds is 5. The van der Waals surface area contributed by atoms with E-state index >= 15 is 0 Å². The van der Waals surface area contributed by atoms with Crippen LogP contribution < -0.4 is 5.73 Å². The molecule has 1 rings (SSSR count). The molecule has 0 aliphatic rings. The summed E-state index contributed by atoms with van der Waals surface area (Å²) in [4.78, 5) is 0. The summed E-state index contributed by atoms with van der Waals surface area (Å²) in [5, 5.41) is 0. The van der Waals surface area contributed by atoms with E-state index in [-0.39, 0.29) is 5.54 Å². The van der Waals surface area contributed by atoms with Crippen LogP contribution in [0.4, 0.5) is 0 Å². The minimum Gasteiger partial charge on any atom is -0.325 e. The van der Waals surface area contributed by atoms with Crippen LogP contribution in [-0.4, -0.2) is 5.54 Å². The molecule has 0 saturated carbocycles. The van der Waals surface area contributed by atoms with E-state index in [0.29, 0.717) is 5.92 Å². The minimum absolute atomic E-state index is 0.0614. The van der Waals surface area contributed by atoms with Gasteiger partial charge in [0.05, 0.1) is 0 Å². The standard InChI is InChI=1S/C15H25N/c1-5-10-15(4,16)11-13-6-8-14(9-7-13)12(2)3/h6-9,12H,5,10-11,16H2,1-4H3. The van der Waals surface area contributed by atoms with Crippen molar-refractivity contribution in [2.45, 2.75) is 58.4 Å². The van der Waals surface area contributed by atoms with Crippen molar-refractivity contribution in [3.63, 3.8) is 0 Å². The Hall–Kier alpha value is -0.820. The molecule has 0 aliphatic heterocycles. The van der Waals surface area contributed by atoms with E-state index in [1.54, 1.807) is 0 Å². The van der Waals surface area contributed by atoms with Crippen molar-refractivity contribution in [3.8, 4) is 0 Å². The quantitative estimate of drug-likeness (QED) is 0.799. The van der Waals surface area contributed by atoms with Gasteiger partial charge in [0.1, 0.15) is 0 Å². The van der Waals surface area contributed by atoms with E-state index in [1.807, 2.05) is 0 Å². The summed E-state index contributed by atoms with van der Waals surface area (Å²) in [6.07, 6.45) is 3.20. The van der Waals surface area contributed by atoms with Gasteiger partial charge in [0.15, 0.2) is 0 Å². The van der Waals surface area contributed by atoms with Crippen molar-refractivity contribution in [2.24, 2.45) is 5.73 Å². The second-order valence-corrected chi connectivity index (χ2v) is 5.48. The van der Waals surface area contributed by atoms with E-state index < -0.39 is 0 Å². The van der Waals surface area contributed by atoms with E-state index in [0.717, 1.165) is 19.3 Å². The molecule has 0 saturated heterocycles. The molecule has 0 spiro atoms. The molecule has 0 aromatic heterocycles. The van der Waals surface area contributed by atoms with Crippen molar-refractivity contribution in [1.82, 2.24) is 0 Å². The summed E-state index contributed by atoms with van der Waals surface area (Å²) >= 11 is 0. The summed E-state index contributed by atoms with van der Waals surface area (Å²) in [7, 11) is 0. The van der Waals surface area contributed by atoms with Gasteiger partial charge >= 0.3 is 0 Å². The van der Waals surface area contributed by atoms with Gasteiger partial charge in [0.2, 0.25) is 0 Å². The largest absolute Gasteiger partial charge is 0.325 e. The van der Waals surface area contributed by atoms with Crippen LogP contribution in [0.2, 0.25) is 0 Å². The topological polar surface area (TPSA) is 26.0 Å². The van der Waals surface area contributed by atoms with E-state index in [4.69, 9.17) is 5.73 Å². The Balaban J connectivity index is 2.68. The molecule has 16 heavy (non-hydrogen) atoms. The van der Waals surface area contributed by atoms with Crippen molar-refractivity contribution in [3.05, 3.63) is 35.4 Å². The van der Waals surface area contributed by atoms with Crippen LogP contribution >= 0.6 is 0 Å². The molecular weight excluding hydrogens is 194 g/mol. The molecule has 0 aliphatic carbocycles. The first-order valence-corrected chi connectivity index (χ1v) is 6.32. The molecule has 0 radical (unpaired) electrons. The molecule has 0 bridgehead atoms. The van der Waals surface area contributed by atoms with Gasteiger partial charge in [-0.2, -0.15) is 0 Å². The Kier molecular flexibility index (Phi) is 4.55. The fourth-order valence-corrected chi connectivity index (χ4v) is 2.15. The van der Waals surface area contributed by atoms with Crippen LogP contribution in [0.15, 0.2) is 24.3 Å². The molecule has 0 heterocycles. The lowest BCUT2D eigenvalue weighted by atomic mass is 9.89. The Morgan fingerprint density at radius 3 is 2.19 bits per heavy atom. The minimum atomic E-state index is -0.0614. The second-order valence-electron chi connectivity index (χ2n) is 5.48. The third-order valence-corrected chi connectivity index (χ3v) is 3.08. The van der Waals surface area contributed by atoms with Crippen LogP contribution in [0.5, 0.6) is 0 Å². The molecule has 0 amide bonds. The number of hydrogen-bond acceptors (Lipinski definition) is 1. The van der Waals surface area contributed by atoms with Gasteiger partial charge in [-0.05, 0) is 36.8 Å². The van der Waals surface area contributed by atoms with Crippen molar-refractivity contribution >= 4 is 0 Å². The first-order valence-electron chi connectivity index (χ1n) is 6.32. The molecule has 90 valence electrons. The van der Waals surface area contributed by atoms with Crippen LogP contribution in [-0.2, 0) is 6.42 Å². The van der Waals surface area contributed by atoms with Crippen LogP contribution in [0, 0.1) is 0 Å². The van der Waals surface area contributed by atoms with Crippen LogP contribution in [0.3, 0.4) is 0 Å². The van der Waals surface area contributed by atoms with E-state index in [2.05, 4.69) is 52.0 Å². The van der Waals surface area contributed by atoms with Gasteiger partial charge in [-0.15, -0.1) is 0 Å². The fourth-order valence-electron chi connectivity index (χ4n) is 2.15. The zero-order chi connectivity index (χ0) is 12.2. The summed E-state index contributed by atoms with van der Waals surface area (Å²) in [5.74, 6) is 0.606. The highest BCUT2D eigenvalue weighted by atomic mass is 14.7. The zero-order valence-electron chi connectivity index (χ0n) is 11.1. The Labute approximate surface area is 100 Å². The van der Waals surface area contributed by atoms with Crippen molar-refractivity contribution in [2.75, 3.05) is 0 Å². The van der Waals surface area contributed by atoms with E-state index in [9.17, 15) is 0 Å². The normalized spacial score (nSPS) is 15.1. The maximum absolute atomic E-state index is 6.26. The molecule has 2 N–H and O–H groups in total. The smallest absolute Gasteiger partial charge is 0.0166 e. The van der Waals surface area contributed by atoms with Crippen molar-refractivity contribution in [1.29, 1.82) is 0 Å². The number of hydrogen-bond donors (Lipinski definition) is 1. The Morgan fingerprint density at radius 2 is 1.75 bits per heavy atom. The molecule has 1 unspecified atom stereocenters. The molecular formula is C15H25N. The van der Waals surface area contributed by atoms with Gasteiger partial charge in [0.25, 0.3) is 0 Å². The van der Waals surface area contributed by atoms with E-state index in [1.165, 1.54) is 11.1 Å². The summed E-state index contributed by atoms with van der Waals surface area (Å²) < 4.78 is 0. The molecule has 1 heteroatoms. The highest BCUT2D eigenvalue weighted by Crippen LogP contribution is 2.19. The fraction of sp³-hybridized carbons (Fsp3) is 0.600. The second kappa shape index (κ2) is 5.49. The maximum atomic E-state index is 6.26. The Morgan fingerprint density at radius 1 is 1.19 bits per heavy atom. The number of nitrogens with two attached hydrogens (primary N) is 1. The lowest BCUT2D eigenvalue weighted by Gasteiger charge is -2.24. The summed E-state index contributed by atoms with van der Waals surface area (Å²) in [5.41, 5.74) is 8.95. The SMILES string of the molecule is CCCC(C)(N)Cc1ccc(C(C)C)cc1. The average molecular weight is 219 g/mol. The molecule has 1 aromatic carbocycles. The van der Waals surface area contributed by atoms with Gasteiger partial charge < -0.3 is 5.73 Å². The van der Waals surface area contributed by atoms with Gasteiger partial charge in [-0.3, -0.25) is 0 Å². The zero-order valence-corrected chi connectivity index (χ0v) is 11.1.